The van der Waals surface area contributed by atoms with E-state index in [9.17, 15) is 9.59 Å². The van der Waals surface area contributed by atoms with Crippen LogP contribution in [0.2, 0.25) is 0 Å². The van der Waals surface area contributed by atoms with Crippen LogP contribution in [-0.2, 0) is 14.3 Å². The van der Waals surface area contributed by atoms with Crippen molar-refractivity contribution >= 4 is 11.9 Å². The third-order valence-corrected chi connectivity index (χ3v) is 1.01. The van der Waals surface area contributed by atoms with Crippen LogP contribution in [0, 0.1) is 5.41 Å². The average Bonchev–Trinajstić information content (AvgIpc) is 1.95. The van der Waals surface area contributed by atoms with Gasteiger partial charge in [-0.2, -0.15) is 0 Å². The molecule has 0 rings (SSSR count). The van der Waals surface area contributed by atoms with E-state index in [1.807, 2.05) is 20.8 Å². The molecule has 5 heteroatoms. The molecule has 0 unspecified atom stereocenters. The third kappa shape index (κ3) is 12.3. The van der Waals surface area contributed by atoms with Crippen LogP contribution in [0.3, 0.4) is 0 Å². The molecule has 0 amide bonds. The van der Waals surface area contributed by atoms with E-state index in [-0.39, 0.29) is 64.8 Å². The molecule has 0 aliphatic rings. The molecular formula is C9H15KO4. The number of carbonyl (C=O) groups is 2. The fourth-order valence-electron chi connectivity index (χ4n) is 0.475. The second-order valence-corrected chi connectivity index (χ2v) is 3.84. The number of ether oxygens (including phenoxy) is 1. The van der Waals surface area contributed by atoms with Gasteiger partial charge < -0.3 is 11.3 Å². The Hall–Kier alpha value is 0.316. The molecule has 1 N–H and O–H groups in total. The average molecular weight is 226 g/mol. The summed E-state index contributed by atoms with van der Waals surface area (Å²) in [4.78, 5) is 20.8. The van der Waals surface area contributed by atoms with Crippen molar-refractivity contribution in [2.75, 3.05) is 6.61 Å². The molecule has 0 atom stereocenters. The third-order valence-electron chi connectivity index (χ3n) is 1.01. The summed E-state index contributed by atoms with van der Waals surface area (Å²) in [6.45, 7) is 6.03. The molecular weight excluding hydrogens is 211 g/mol. The van der Waals surface area contributed by atoms with E-state index < -0.39 is 11.9 Å². The molecule has 0 spiro atoms. The first kappa shape index (κ1) is 16.7. The summed E-state index contributed by atoms with van der Waals surface area (Å²) < 4.78 is 4.77. The zero-order valence-electron chi connectivity index (χ0n) is 10.0. The number of hydrogen-bond acceptors (Lipinski definition) is 3. The van der Waals surface area contributed by atoms with Crippen LogP contribution < -0.4 is 51.4 Å². The Morgan fingerprint density at radius 1 is 1.36 bits per heavy atom. The van der Waals surface area contributed by atoms with Crippen molar-refractivity contribution in [3.8, 4) is 0 Å². The molecule has 0 aromatic heterocycles. The molecule has 0 aliphatic carbocycles. The topological polar surface area (TPSA) is 63.6 Å². The Morgan fingerprint density at radius 2 is 1.86 bits per heavy atom. The zero-order chi connectivity index (χ0) is 10.5. The van der Waals surface area contributed by atoms with Crippen LogP contribution in [0.25, 0.3) is 0 Å². The van der Waals surface area contributed by atoms with E-state index in [4.69, 9.17) is 9.84 Å². The van der Waals surface area contributed by atoms with Gasteiger partial charge in [-0.05, 0) is 5.41 Å². The summed E-state index contributed by atoms with van der Waals surface area (Å²) in [6.07, 6.45) is 1.65. The van der Waals surface area contributed by atoms with Gasteiger partial charge in [-0.3, -0.25) is 0 Å². The van der Waals surface area contributed by atoms with Gasteiger partial charge in [-0.25, -0.2) is 9.59 Å². The molecule has 0 aromatic carbocycles. The minimum atomic E-state index is -1.16. The minimum Gasteiger partial charge on any atom is -1.00 e. The monoisotopic (exact) mass is 226 g/mol. The Bertz CT molecular complexity index is 233. The standard InChI is InChI=1S/C9H14O4.K.H/c1-9(2,3)6-13-8(12)5-4-7(10)11;;/h4-5H,6H2,1-3H3,(H,10,11);;/q;+1;-1/b5-4+;;. The zero-order valence-corrected chi connectivity index (χ0v) is 12.2. The first-order chi connectivity index (χ1) is 5.81. The van der Waals surface area contributed by atoms with E-state index in [0.717, 1.165) is 12.2 Å². The van der Waals surface area contributed by atoms with E-state index in [1.165, 1.54) is 0 Å². The summed E-state index contributed by atoms with van der Waals surface area (Å²) in [5.41, 5.74) is -0.104. The van der Waals surface area contributed by atoms with Gasteiger partial charge in [-0.1, -0.05) is 20.8 Å². The molecule has 4 nitrogen and oxygen atoms in total. The predicted octanol–water partition coefficient (Wildman–Crippen LogP) is -1.67. The Kier molecular flexibility index (Phi) is 9.07. The van der Waals surface area contributed by atoms with Crippen molar-refractivity contribution in [3.63, 3.8) is 0 Å². The quantitative estimate of drug-likeness (QED) is 0.355. The maximum absolute atomic E-state index is 10.8. The molecule has 14 heavy (non-hydrogen) atoms. The van der Waals surface area contributed by atoms with Gasteiger partial charge in [0.1, 0.15) is 0 Å². The van der Waals surface area contributed by atoms with Gasteiger partial charge in [0.05, 0.1) is 6.61 Å². The first-order valence-electron chi connectivity index (χ1n) is 3.89. The van der Waals surface area contributed by atoms with Gasteiger partial charge in [0.25, 0.3) is 0 Å². The maximum Gasteiger partial charge on any atom is 1.00 e. The van der Waals surface area contributed by atoms with Crippen molar-refractivity contribution in [1.82, 2.24) is 0 Å². The molecule has 0 aliphatic heterocycles. The number of carboxylic acids is 1. The first-order valence-corrected chi connectivity index (χ1v) is 3.89. The van der Waals surface area contributed by atoms with E-state index >= 15 is 0 Å². The Morgan fingerprint density at radius 3 is 2.21 bits per heavy atom. The summed E-state index contributed by atoms with van der Waals surface area (Å²) in [7, 11) is 0. The van der Waals surface area contributed by atoms with Crippen molar-refractivity contribution < 1.29 is 72.2 Å². The number of carbonyl (C=O) groups excluding carboxylic acids is 1. The van der Waals surface area contributed by atoms with Crippen LogP contribution in [0.15, 0.2) is 12.2 Å². The minimum absolute atomic E-state index is 0. The summed E-state index contributed by atoms with van der Waals surface area (Å²) >= 11 is 0. The fourth-order valence-corrected chi connectivity index (χ4v) is 0.475. The van der Waals surface area contributed by atoms with Crippen molar-refractivity contribution in [3.05, 3.63) is 12.2 Å². The summed E-state index contributed by atoms with van der Waals surface area (Å²) in [5, 5.41) is 8.20. The second kappa shape index (κ2) is 7.59. The Balaban J connectivity index is -0.000000720. The van der Waals surface area contributed by atoms with Gasteiger partial charge in [-0.15, -0.1) is 0 Å². The van der Waals surface area contributed by atoms with Crippen LogP contribution in [-0.4, -0.2) is 23.7 Å². The predicted molar refractivity (Wildman–Crippen MR) is 48.3 cm³/mol. The van der Waals surface area contributed by atoms with Gasteiger partial charge in [0.2, 0.25) is 0 Å². The second-order valence-electron chi connectivity index (χ2n) is 3.84. The number of aliphatic carboxylic acids is 1. The molecule has 0 saturated carbocycles. The van der Waals surface area contributed by atoms with Gasteiger partial charge >= 0.3 is 63.3 Å². The van der Waals surface area contributed by atoms with Crippen molar-refractivity contribution in [2.45, 2.75) is 20.8 Å². The fraction of sp³-hybridized carbons (Fsp3) is 0.556. The molecule has 0 bridgehead atoms. The van der Waals surface area contributed by atoms with Gasteiger partial charge in [0, 0.05) is 12.2 Å². The molecule has 76 valence electrons. The summed E-state index contributed by atoms with van der Waals surface area (Å²) in [5.74, 6) is -1.79. The maximum atomic E-state index is 10.8. The SMILES string of the molecule is CC(C)(C)COC(=O)/C=C/C(=O)O.[H-].[K+]. The molecule has 0 heterocycles. The van der Waals surface area contributed by atoms with E-state index in [1.54, 1.807) is 0 Å². The smallest absolute Gasteiger partial charge is 1.00 e. The molecule has 0 aromatic rings. The number of hydrogen-bond donors (Lipinski definition) is 1. The molecule has 0 saturated heterocycles. The number of carboxylic acid groups (broad SMARTS) is 1. The number of esters is 1. The molecule has 0 fully saturated rings. The van der Waals surface area contributed by atoms with Crippen molar-refractivity contribution in [1.29, 1.82) is 0 Å². The normalized spacial score (nSPS) is 10.8. The van der Waals surface area contributed by atoms with Crippen molar-refractivity contribution in [2.24, 2.45) is 5.41 Å². The van der Waals surface area contributed by atoms with Crippen LogP contribution in [0.4, 0.5) is 0 Å². The van der Waals surface area contributed by atoms with Gasteiger partial charge in [0.15, 0.2) is 0 Å². The van der Waals surface area contributed by atoms with Crippen LogP contribution >= 0.6 is 0 Å². The number of rotatable bonds is 3. The molecule has 0 radical (unpaired) electrons. The van der Waals surface area contributed by atoms with Crippen LogP contribution in [0.5, 0.6) is 0 Å². The Labute approximate surface area is 128 Å². The summed E-state index contributed by atoms with van der Waals surface area (Å²) in [6, 6.07) is 0. The largest absolute Gasteiger partial charge is 1.00 e. The van der Waals surface area contributed by atoms with E-state index in [2.05, 4.69) is 0 Å². The van der Waals surface area contributed by atoms with Crippen LogP contribution in [0.1, 0.15) is 22.2 Å². The van der Waals surface area contributed by atoms with E-state index in [0.29, 0.717) is 0 Å².